The molecule has 0 aliphatic carbocycles. The highest BCUT2D eigenvalue weighted by molar-refractivity contribution is 7.89. The molecule has 0 radical (unpaired) electrons. The summed E-state index contributed by atoms with van der Waals surface area (Å²) >= 11 is 0. The van der Waals surface area contributed by atoms with Crippen LogP contribution in [0, 0.1) is 6.92 Å². The van der Waals surface area contributed by atoms with E-state index in [-0.39, 0.29) is 4.90 Å². The topological polar surface area (TPSA) is 98.9 Å². The Bertz CT molecular complexity index is 1230. The highest BCUT2D eigenvalue weighted by Gasteiger charge is 2.29. The molecule has 1 aromatic carbocycles. The van der Waals surface area contributed by atoms with E-state index in [9.17, 15) is 8.42 Å². The second kappa shape index (κ2) is 9.32. The molecular formula is C23H29N7O3S. The lowest BCUT2D eigenvalue weighted by molar-refractivity contribution is 0.312. The van der Waals surface area contributed by atoms with Crippen LogP contribution in [0.5, 0.6) is 0 Å². The van der Waals surface area contributed by atoms with Crippen LogP contribution in [0.2, 0.25) is 0 Å². The van der Waals surface area contributed by atoms with Crippen molar-refractivity contribution in [3.63, 3.8) is 0 Å². The number of hydrogen-bond donors (Lipinski definition) is 0. The number of anilines is 2. The molecule has 2 fully saturated rings. The van der Waals surface area contributed by atoms with Gasteiger partial charge in [0.1, 0.15) is 29.9 Å². The number of aryl methyl sites for hydroxylation is 1. The number of benzene rings is 1. The minimum absolute atomic E-state index is 0.282. The first-order valence-corrected chi connectivity index (χ1v) is 12.9. The van der Waals surface area contributed by atoms with Gasteiger partial charge in [0.2, 0.25) is 10.0 Å². The molecule has 0 saturated carbocycles. The van der Waals surface area contributed by atoms with Crippen LogP contribution >= 0.6 is 0 Å². The molecule has 2 aliphatic heterocycles. The third kappa shape index (κ3) is 4.63. The van der Waals surface area contributed by atoms with Crippen LogP contribution in [0.15, 0.2) is 52.2 Å². The standard InChI is InChI=1S/C23H29N7O3S/c1-18-26-21(16-33-18)19-3-5-20(6-4-19)34(31,32)30-13-11-29(12-14-30)23-15-22(24-17-25-23)28-9-7-27(2)8-10-28/h3-6,15-17H,7-14H2,1-2H3. The molecule has 11 heteroatoms. The Labute approximate surface area is 199 Å². The molecule has 0 atom stereocenters. The van der Waals surface area contributed by atoms with Gasteiger partial charge in [-0.25, -0.2) is 23.4 Å². The van der Waals surface area contributed by atoms with E-state index in [0.717, 1.165) is 43.4 Å². The SMILES string of the molecule is Cc1nc(-c2ccc(S(=O)(=O)N3CCN(c4cc(N5CCN(C)CC5)ncn4)CC3)cc2)co1. The second-order valence-electron chi connectivity index (χ2n) is 8.69. The lowest BCUT2D eigenvalue weighted by Crippen LogP contribution is -2.49. The third-order valence-electron chi connectivity index (χ3n) is 6.43. The van der Waals surface area contributed by atoms with E-state index < -0.39 is 10.0 Å². The van der Waals surface area contributed by atoms with Crippen LogP contribution in [0.1, 0.15) is 5.89 Å². The molecule has 180 valence electrons. The van der Waals surface area contributed by atoms with E-state index in [1.54, 1.807) is 48.1 Å². The van der Waals surface area contributed by atoms with Crippen molar-refractivity contribution in [3.8, 4) is 11.3 Å². The minimum Gasteiger partial charge on any atom is -0.449 e. The first kappa shape index (κ1) is 22.8. The van der Waals surface area contributed by atoms with E-state index in [4.69, 9.17) is 4.42 Å². The van der Waals surface area contributed by atoms with Crippen LogP contribution in [-0.4, -0.2) is 92.0 Å². The van der Waals surface area contributed by atoms with Crippen molar-refractivity contribution < 1.29 is 12.8 Å². The lowest BCUT2D eigenvalue weighted by Gasteiger charge is -2.36. The van der Waals surface area contributed by atoms with Gasteiger partial charge in [0.15, 0.2) is 5.89 Å². The predicted molar refractivity (Wildman–Crippen MR) is 129 cm³/mol. The van der Waals surface area contributed by atoms with E-state index in [2.05, 4.69) is 36.7 Å². The van der Waals surface area contributed by atoms with E-state index in [0.29, 0.717) is 37.8 Å². The van der Waals surface area contributed by atoms with Crippen molar-refractivity contribution in [2.75, 3.05) is 69.2 Å². The number of sulfonamides is 1. The number of nitrogens with zero attached hydrogens (tertiary/aromatic N) is 7. The molecule has 2 saturated heterocycles. The highest BCUT2D eigenvalue weighted by Crippen LogP contribution is 2.25. The fourth-order valence-corrected chi connectivity index (χ4v) is 5.74. The van der Waals surface area contributed by atoms with Gasteiger partial charge in [0, 0.05) is 70.9 Å². The van der Waals surface area contributed by atoms with Crippen LogP contribution in [-0.2, 0) is 10.0 Å². The summed E-state index contributed by atoms with van der Waals surface area (Å²) in [5.41, 5.74) is 1.51. The molecule has 0 spiro atoms. The van der Waals surface area contributed by atoms with Gasteiger partial charge in [0.05, 0.1) is 4.90 Å². The van der Waals surface area contributed by atoms with E-state index in [1.807, 2.05) is 6.07 Å². The summed E-state index contributed by atoms with van der Waals surface area (Å²) in [5, 5.41) is 0. The maximum atomic E-state index is 13.2. The number of piperazine rings is 2. The molecule has 2 aromatic heterocycles. The van der Waals surface area contributed by atoms with Gasteiger partial charge in [-0.1, -0.05) is 12.1 Å². The highest BCUT2D eigenvalue weighted by atomic mass is 32.2. The molecule has 10 nitrogen and oxygen atoms in total. The van der Waals surface area contributed by atoms with Gasteiger partial charge in [-0.2, -0.15) is 4.31 Å². The number of hydrogen-bond acceptors (Lipinski definition) is 9. The smallest absolute Gasteiger partial charge is 0.243 e. The largest absolute Gasteiger partial charge is 0.449 e. The average molecular weight is 484 g/mol. The Hall–Kier alpha value is -3.02. The number of oxazole rings is 1. The van der Waals surface area contributed by atoms with Crippen molar-refractivity contribution in [2.24, 2.45) is 0 Å². The predicted octanol–water partition coefficient (Wildman–Crippen LogP) is 1.70. The van der Waals surface area contributed by atoms with Crippen molar-refractivity contribution in [2.45, 2.75) is 11.8 Å². The quantitative estimate of drug-likeness (QED) is 0.537. The monoisotopic (exact) mass is 483 g/mol. The summed E-state index contributed by atoms with van der Waals surface area (Å²) in [4.78, 5) is 20.2. The molecule has 34 heavy (non-hydrogen) atoms. The van der Waals surface area contributed by atoms with E-state index in [1.165, 1.54) is 0 Å². The minimum atomic E-state index is -3.57. The summed E-state index contributed by atoms with van der Waals surface area (Å²) in [7, 11) is -1.45. The molecule has 0 amide bonds. The zero-order chi connectivity index (χ0) is 23.7. The fraction of sp³-hybridized carbons (Fsp3) is 0.435. The molecule has 0 N–H and O–H groups in total. The first-order chi connectivity index (χ1) is 16.4. The Morgan fingerprint density at radius 1 is 0.853 bits per heavy atom. The van der Waals surface area contributed by atoms with Crippen LogP contribution in [0.25, 0.3) is 11.3 Å². The zero-order valence-electron chi connectivity index (χ0n) is 19.5. The number of likely N-dealkylation sites (N-methyl/N-ethyl adjacent to an activating group) is 1. The maximum absolute atomic E-state index is 13.2. The number of rotatable bonds is 5. The Kier molecular flexibility index (Phi) is 6.24. The molecule has 4 heterocycles. The van der Waals surface area contributed by atoms with Gasteiger partial charge in [-0.15, -0.1) is 0 Å². The maximum Gasteiger partial charge on any atom is 0.243 e. The second-order valence-corrected chi connectivity index (χ2v) is 10.6. The summed E-state index contributed by atoms with van der Waals surface area (Å²) in [5.74, 6) is 2.34. The number of aromatic nitrogens is 3. The summed E-state index contributed by atoms with van der Waals surface area (Å²) < 4.78 is 33.2. The van der Waals surface area contributed by atoms with E-state index >= 15 is 0 Å². The van der Waals surface area contributed by atoms with Crippen LogP contribution in [0.4, 0.5) is 11.6 Å². The van der Waals surface area contributed by atoms with Gasteiger partial charge in [-0.3, -0.25) is 0 Å². The molecule has 0 unspecified atom stereocenters. The van der Waals surface area contributed by atoms with Gasteiger partial charge in [0.25, 0.3) is 0 Å². The zero-order valence-corrected chi connectivity index (χ0v) is 20.3. The van der Waals surface area contributed by atoms with Gasteiger partial charge in [-0.05, 0) is 19.2 Å². The molecule has 5 rings (SSSR count). The summed E-state index contributed by atoms with van der Waals surface area (Å²) in [6.45, 7) is 7.63. The van der Waals surface area contributed by atoms with Crippen LogP contribution in [0.3, 0.4) is 0 Å². The van der Waals surface area contributed by atoms with Crippen LogP contribution < -0.4 is 9.80 Å². The molecule has 3 aromatic rings. The Morgan fingerprint density at radius 2 is 1.44 bits per heavy atom. The van der Waals surface area contributed by atoms with Crippen molar-refractivity contribution in [3.05, 3.63) is 48.8 Å². The van der Waals surface area contributed by atoms with Crippen molar-refractivity contribution in [1.29, 1.82) is 0 Å². The third-order valence-corrected chi connectivity index (χ3v) is 8.35. The molecule has 0 bridgehead atoms. The fourth-order valence-electron chi connectivity index (χ4n) is 4.32. The Morgan fingerprint density at radius 3 is 2.00 bits per heavy atom. The lowest BCUT2D eigenvalue weighted by atomic mass is 10.2. The Balaban J connectivity index is 1.24. The van der Waals surface area contributed by atoms with Gasteiger partial charge >= 0.3 is 0 Å². The normalized spacial score (nSPS) is 18.4. The summed E-state index contributed by atoms with van der Waals surface area (Å²) in [6, 6.07) is 8.81. The first-order valence-electron chi connectivity index (χ1n) is 11.4. The average Bonchev–Trinajstić information content (AvgIpc) is 3.31. The summed E-state index contributed by atoms with van der Waals surface area (Å²) in [6.07, 6.45) is 3.17. The van der Waals surface area contributed by atoms with Gasteiger partial charge < -0.3 is 19.1 Å². The van der Waals surface area contributed by atoms with Crippen molar-refractivity contribution in [1.82, 2.24) is 24.2 Å². The van der Waals surface area contributed by atoms with Crippen molar-refractivity contribution >= 4 is 21.7 Å². The molecular weight excluding hydrogens is 454 g/mol. The molecule has 2 aliphatic rings.